The van der Waals surface area contributed by atoms with Crippen LogP contribution in [0.2, 0.25) is 0 Å². The van der Waals surface area contributed by atoms with Crippen molar-refractivity contribution < 1.29 is 9.13 Å². The van der Waals surface area contributed by atoms with Crippen molar-refractivity contribution in [2.75, 3.05) is 5.32 Å². The molecule has 1 N–H and O–H groups in total. The van der Waals surface area contributed by atoms with Crippen LogP contribution in [-0.2, 0) is 0 Å². The molecule has 1 aromatic carbocycles. The van der Waals surface area contributed by atoms with E-state index in [9.17, 15) is 4.39 Å². The normalized spacial score (nSPS) is 10.6. The minimum Gasteiger partial charge on any atom is -0.450 e. The van der Waals surface area contributed by atoms with Gasteiger partial charge >= 0.3 is 0 Å². The van der Waals surface area contributed by atoms with Gasteiger partial charge in [-0.3, -0.25) is 0 Å². The molecule has 0 aliphatic carbocycles. The number of benzene rings is 1. The molecular weight excluding hydrogens is 433 g/mol. The van der Waals surface area contributed by atoms with E-state index in [1.807, 2.05) is 18.2 Å². The molecule has 0 amide bonds. The van der Waals surface area contributed by atoms with Gasteiger partial charge in [0.2, 0.25) is 0 Å². The SMILES string of the molecule is N#Cc1ccc(Oc2cc(Br)cnc2Nc2nc3cccnc3s2)c(F)c1. The van der Waals surface area contributed by atoms with Crippen molar-refractivity contribution in [3.8, 4) is 17.6 Å². The van der Waals surface area contributed by atoms with Crippen LogP contribution in [0.4, 0.5) is 15.3 Å². The van der Waals surface area contributed by atoms with Gasteiger partial charge in [0.25, 0.3) is 0 Å². The third-order valence-electron chi connectivity index (χ3n) is 3.49. The monoisotopic (exact) mass is 441 g/mol. The Hall–Kier alpha value is -3.09. The fourth-order valence-corrected chi connectivity index (χ4v) is 3.41. The van der Waals surface area contributed by atoms with Crippen molar-refractivity contribution in [2.45, 2.75) is 0 Å². The molecule has 0 radical (unpaired) electrons. The molecule has 27 heavy (non-hydrogen) atoms. The lowest BCUT2D eigenvalue weighted by Gasteiger charge is -2.11. The molecule has 132 valence electrons. The number of hydrogen-bond acceptors (Lipinski definition) is 7. The molecule has 9 heteroatoms. The second kappa shape index (κ2) is 7.26. The predicted octanol–water partition coefficient (Wildman–Crippen LogP) is 5.40. The highest BCUT2D eigenvalue weighted by Gasteiger charge is 2.14. The number of anilines is 2. The number of rotatable bonds is 4. The minimum atomic E-state index is -0.635. The van der Waals surface area contributed by atoms with Crippen LogP contribution in [0.1, 0.15) is 5.56 Å². The summed E-state index contributed by atoms with van der Waals surface area (Å²) >= 11 is 4.70. The van der Waals surface area contributed by atoms with Crippen LogP contribution < -0.4 is 10.1 Å². The van der Waals surface area contributed by atoms with E-state index < -0.39 is 5.82 Å². The summed E-state index contributed by atoms with van der Waals surface area (Å²) in [5.41, 5.74) is 0.982. The highest BCUT2D eigenvalue weighted by atomic mass is 79.9. The zero-order chi connectivity index (χ0) is 18.8. The van der Waals surface area contributed by atoms with Gasteiger partial charge in [0, 0.05) is 22.9 Å². The average Bonchev–Trinajstić information content (AvgIpc) is 3.08. The average molecular weight is 442 g/mol. The first kappa shape index (κ1) is 17.3. The molecule has 3 heterocycles. The van der Waals surface area contributed by atoms with E-state index in [1.165, 1.54) is 23.5 Å². The van der Waals surface area contributed by atoms with Gasteiger partial charge in [-0.15, -0.1) is 0 Å². The zero-order valence-corrected chi connectivity index (χ0v) is 15.9. The lowest BCUT2D eigenvalue weighted by molar-refractivity contribution is 0.442. The maximum Gasteiger partial charge on any atom is 0.191 e. The van der Waals surface area contributed by atoms with Crippen LogP contribution in [0, 0.1) is 17.1 Å². The Bertz CT molecular complexity index is 1160. The first-order valence-corrected chi connectivity index (χ1v) is 9.25. The largest absolute Gasteiger partial charge is 0.450 e. The highest BCUT2D eigenvalue weighted by Crippen LogP contribution is 2.35. The Morgan fingerprint density at radius 3 is 2.85 bits per heavy atom. The standard InChI is InChI=1S/C18H9BrFN5OS/c19-11-7-15(26-14-4-3-10(8-21)6-12(14)20)16(23-9-11)25-18-24-13-2-1-5-22-17(13)27-18/h1-7,9H,(H,23,24,25). The third kappa shape index (κ3) is 3.72. The van der Waals surface area contributed by atoms with Gasteiger partial charge in [0.05, 0.1) is 11.6 Å². The number of nitrogens with zero attached hydrogens (tertiary/aromatic N) is 4. The summed E-state index contributed by atoms with van der Waals surface area (Å²) in [6, 6.07) is 11.2. The van der Waals surface area contributed by atoms with Crippen molar-refractivity contribution in [1.29, 1.82) is 5.26 Å². The van der Waals surface area contributed by atoms with E-state index in [0.717, 1.165) is 16.4 Å². The number of hydrogen-bond donors (Lipinski definition) is 1. The molecular formula is C18H9BrFN5OS. The van der Waals surface area contributed by atoms with Gasteiger partial charge in [0.1, 0.15) is 10.3 Å². The first-order valence-electron chi connectivity index (χ1n) is 7.64. The van der Waals surface area contributed by atoms with Gasteiger partial charge in [0.15, 0.2) is 28.3 Å². The Labute approximate surface area is 165 Å². The summed E-state index contributed by atoms with van der Waals surface area (Å²) in [5.74, 6) is 0.0355. The fourth-order valence-electron chi connectivity index (χ4n) is 2.29. The van der Waals surface area contributed by atoms with Crippen LogP contribution in [-0.4, -0.2) is 15.0 Å². The third-order valence-corrected chi connectivity index (χ3v) is 4.82. The predicted molar refractivity (Wildman–Crippen MR) is 104 cm³/mol. The van der Waals surface area contributed by atoms with E-state index in [1.54, 1.807) is 18.5 Å². The molecule has 0 bridgehead atoms. The van der Waals surface area contributed by atoms with Crippen LogP contribution in [0.3, 0.4) is 0 Å². The Morgan fingerprint density at radius 2 is 2.07 bits per heavy atom. The van der Waals surface area contributed by atoms with Crippen molar-refractivity contribution in [3.63, 3.8) is 0 Å². The summed E-state index contributed by atoms with van der Waals surface area (Å²) < 4.78 is 20.5. The lowest BCUT2D eigenvalue weighted by Crippen LogP contribution is -1.98. The van der Waals surface area contributed by atoms with Gasteiger partial charge in [-0.25, -0.2) is 19.3 Å². The smallest absolute Gasteiger partial charge is 0.191 e. The molecule has 4 aromatic rings. The molecule has 0 spiro atoms. The number of halogens is 2. The molecule has 3 aromatic heterocycles. The Kier molecular flexibility index (Phi) is 4.66. The lowest BCUT2D eigenvalue weighted by atomic mass is 10.2. The second-order valence-electron chi connectivity index (χ2n) is 5.33. The number of ether oxygens (including phenoxy) is 1. The van der Waals surface area contributed by atoms with Gasteiger partial charge in [-0.1, -0.05) is 11.3 Å². The van der Waals surface area contributed by atoms with Gasteiger partial charge in [-0.2, -0.15) is 5.26 Å². The van der Waals surface area contributed by atoms with Gasteiger partial charge in [-0.05, 0) is 46.3 Å². The van der Waals surface area contributed by atoms with E-state index in [-0.39, 0.29) is 11.3 Å². The number of nitrogens with one attached hydrogen (secondary N) is 1. The quantitative estimate of drug-likeness (QED) is 0.456. The molecule has 0 unspecified atom stereocenters. The summed E-state index contributed by atoms with van der Waals surface area (Å²) in [6.07, 6.45) is 3.29. The number of fused-ring (bicyclic) bond motifs is 1. The summed E-state index contributed by atoms with van der Waals surface area (Å²) in [4.78, 5) is 13.8. The summed E-state index contributed by atoms with van der Waals surface area (Å²) in [5, 5.41) is 12.5. The second-order valence-corrected chi connectivity index (χ2v) is 7.22. The van der Waals surface area contributed by atoms with Crippen LogP contribution in [0.15, 0.2) is 53.3 Å². The van der Waals surface area contributed by atoms with Crippen LogP contribution >= 0.6 is 27.3 Å². The van der Waals surface area contributed by atoms with E-state index in [0.29, 0.717) is 21.2 Å². The maximum absolute atomic E-state index is 14.2. The van der Waals surface area contributed by atoms with Crippen molar-refractivity contribution >= 4 is 48.6 Å². The Morgan fingerprint density at radius 1 is 1.19 bits per heavy atom. The Balaban J connectivity index is 1.67. The summed E-state index contributed by atoms with van der Waals surface area (Å²) in [7, 11) is 0. The molecule has 0 aliphatic rings. The highest BCUT2D eigenvalue weighted by molar-refractivity contribution is 9.10. The first-order chi connectivity index (χ1) is 13.1. The maximum atomic E-state index is 14.2. The molecule has 0 saturated carbocycles. The van der Waals surface area contributed by atoms with Crippen LogP contribution in [0.5, 0.6) is 11.5 Å². The minimum absolute atomic E-state index is 0.0112. The topological polar surface area (TPSA) is 83.7 Å². The molecule has 0 saturated heterocycles. The fraction of sp³-hybridized carbons (Fsp3) is 0. The van der Waals surface area contributed by atoms with Crippen molar-refractivity contribution in [3.05, 3.63) is 64.6 Å². The molecule has 6 nitrogen and oxygen atoms in total. The van der Waals surface area contributed by atoms with Crippen LogP contribution in [0.25, 0.3) is 10.3 Å². The van der Waals surface area contributed by atoms with E-state index in [2.05, 4.69) is 36.2 Å². The number of aromatic nitrogens is 3. The number of pyridine rings is 2. The zero-order valence-electron chi connectivity index (χ0n) is 13.5. The van der Waals surface area contributed by atoms with E-state index >= 15 is 0 Å². The number of nitriles is 1. The molecule has 0 aliphatic heterocycles. The van der Waals surface area contributed by atoms with Crippen molar-refractivity contribution in [1.82, 2.24) is 15.0 Å². The van der Waals surface area contributed by atoms with E-state index in [4.69, 9.17) is 10.00 Å². The molecule has 4 rings (SSSR count). The number of thiazole rings is 1. The van der Waals surface area contributed by atoms with Crippen molar-refractivity contribution in [2.24, 2.45) is 0 Å². The molecule has 0 fully saturated rings. The summed E-state index contributed by atoms with van der Waals surface area (Å²) in [6.45, 7) is 0. The van der Waals surface area contributed by atoms with Gasteiger partial charge < -0.3 is 10.1 Å². The molecule has 0 atom stereocenters.